The van der Waals surface area contributed by atoms with Gasteiger partial charge in [0.2, 0.25) is 0 Å². The highest BCUT2D eigenvalue weighted by molar-refractivity contribution is 6.27. The average Bonchev–Trinajstić information content (AvgIpc) is 3.89. The molecule has 0 aliphatic heterocycles. The highest BCUT2D eigenvalue weighted by Gasteiger charge is 2.20. The minimum Gasteiger partial charge on any atom is -0.455 e. The fraction of sp³-hybridized carbons (Fsp3) is 0. The van der Waals surface area contributed by atoms with E-state index >= 15 is 0 Å². The highest BCUT2D eigenvalue weighted by Crippen LogP contribution is 2.46. The van der Waals surface area contributed by atoms with Crippen molar-refractivity contribution in [3.63, 3.8) is 0 Å². The second-order valence-corrected chi connectivity index (χ2v) is 15.1. The zero-order valence-corrected chi connectivity index (χ0v) is 31.4. The van der Waals surface area contributed by atoms with E-state index in [1.165, 1.54) is 54.6 Å². The number of rotatable bonds is 6. The van der Waals surface area contributed by atoms with Crippen molar-refractivity contribution >= 4 is 54.3 Å². The van der Waals surface area contributed by atoms with Gasteiger partial charge in [-0.15, -0.1) is 0 Å². The van der Waals surface area contributed by atoms with E-state index in [9.17, 15) is 0 Å². The van der Waals surface area contributed by atoms with E-state index in [1.807, 2.05) is 24.3 Å². The van der Waals surface area contributed by atoms with Gasteiger partial charge in [-0.3, -0.25) is 0 Å². The molecular weight excluding hydrogens is 705 g/mol. The van der Waals surface area contributed by atoms with Gasteiger partial charge in [-0.25, -0.2) is 0 Å². The first-order valence-electron chi connectivity index (χ1n) is 19.8. The summed E-state index contributed by atoms with van der Waals surface area (Å²) in [5, 5.41) is 9.87. The lowest BCUT2D eigenvalue weighted by molar-refractivity contribution is 0.632. The van der Waals surface area contributed by atoms with E-state index in [4.69, 9.17) is 8.83 Å². The van der Waals surface area contributed by atoms with Crippen molar-refractivity contribution in [2.45, 2.75) is 0 Å². The number of hydrogen-bond donors (Lipinski definition) is 0. The summed E-state index contributed by atoms with van der Waals surface area (Å²) in [6, 6.07) is 73.8. The van der Waals surface area contributed by atoms with Crippen molar-refractivity contribution in [1.29, 1.82) is 0 Å². The third-order valence-corrected chi connectivity index (χ3v) is 11.9. The first-order valence-corrected chi connectivity index (χ1v) is 19.8. The van der Waals surface area contributed by atoms with Crippen LogP contribution >= 0.6 is 0 Å². The molecule has 0 saturated carbocycles. The van der Waals surface area contributed by atoms with Gasteiger partial charge in [-0.2, -0.15) is 0 Å². The van der Waals surface area contributed by atoms with Crippen LogP contribution in [-0.4, -0.2) is 0 Å². The fourth-order valence-corrected chi connectivity index (χ4v) is 9.19. The topological polar surface area (TPSA) is 26.3 Å². The van der Waals surface area contributed by atoms with E-state index in [2.05, 4.69) is 182 Å². The first-order chi connectivity index (χ1) is 28.8. The van der Waals surface area contributed by atoms with E-state index in [-0.39, 0.29) is 0 Å². The molecule has 270 valence electrons. The molecule has 0 amide bonds. The summed E-state index contributed by atoms with van der Waals surface area (Å²) in [5.74, 6) is 1.80. The van der Waals surface area contributed by atoms with Crippen molar-refractivity contribution in [1.82, 2.24) is 0 Å². The Hall–Kier alpha value is -7.68. The Labute approximate surface area is 335 Å². The molecule has 0 bridgehead atoms. The average molecular weight is 739 g/mol. The number of benzene rings is 10. The maximum Gasteiger partial charge on any atom is 0.143 e. The molecule has 0 aliphatic carbocycles. The summed E-state index contributed by atoms with van der Waals surface area (Å²) in [7, 11) is 0. The second kappa shape index (κ2) is 12.9. The molecule has 58 heavy (non-hydrogen) atoms. The molecule has 0 aliphatic rings. The van der Waals surface area contributed by atoms with Gasteiger partial charge < -0.3 is 8.83 Å². The molecule has 0 N–H and O–H groups in total. The summed E-state index contributed by atoms with van der Waals surface area (Å²) in [5.41, 5.74) is 13.3. The molecule has 2 aromatic heterocycles. The van der Waals surface area contributed by atoms with Crippen molar-refractivity contribution in [3.8, 4) is 67.2 Å². The maximum absolute atomic E-state index is 6.47. The first kappa shape index (κ1) is 32.6. The van der Waals surface area contributed by atoms with Crippen LogP contribution in [0.2, 0.25) is 0 Å². The molecule has 10 aromatic carbocycles. The molecule has 2 nitrogen and oxygen atoms in total. The minimum absolute atomic E-state index is 0.895. The number of fused-ring (bicyclic) bond motifs is 2. The van der Waals surface area contributed by atoms with Gasteiger partial charge >= 0.3 is 0 Å². The summed E-state index contributed by atoms with van der Waals surface area (Å²) >= 11 is 0. The molecule has 0 spiro atoms. The van der Waals surface area contributed by atoms with Gasteiger partial charge in [0.1, 0.15) is 22.7 Å². The summed E-state index contributed by atoms with van der Waals surface area (Å²) < 4.78 is 12.9. The van der Waals surface area contributed by atoms with Crippen LogP contribution in [0.1, 0.15) is 0 Å². The Balaban J connectivity index is 0.954. The van der Waals surface area contributed by atoms with Gasteiger partial charge in [-0.05, 0) is 77.8 Å². The molecule has 2 heterocycles. The van der Waals surface area contributed by atoms with Gasteiger partial charge in [0.15, 0.2) is 0 Å². The standard InChI is InChI=1S/C56H34O2/c1-3-11-41(12-4-1)55-53(47-15-7-9-17-49(47)57-55)39-23-19-35(20-24-39)43-31-27-37-30-34-46-44(32-28-38-29-33-45(43)51(37)52(38)46)36-21-25-40(26-22-36)54-48-16-8-10-18-50(48)58-56(54)42-13-5-2-6-14-42/h1-34H. The molecule has 0 radical (unpaired) electrons. The molecule has 0 unspecified atom stereocenters. The number of hydrogen-bond acceptors (Lipinski definition) is 2. The smallest absolute Gasteiger partial charge is 0.143 e. The van der Waals surface area contributed by atoms with Crippen molar-refractivity contribution < 1.29 is 8.83 Å². The summed E-state index contributed by atoms with van der Waals surface area (Å²) in [6.07, 6.45) is 0. The Bertz CT molecular complexity index is 3230. The van der Waals surface area contributed by atoms with Crippen LogP contribution in [0.25, 0.3) is 121 Å². The Morgan fingerprint density at radius 3 is 1.03 bits per heavy atom. The number of para-hydroxylation sites is 2. The quantitative estimate of drug-likeness (QED) is 0.159. The van der Waals surface area contributed by atoms with E-state index < -0.39 is 0 Å². The number of furan rings is 2. The largest absolute Gasteiger partial charge is 0.455 e. The molecular formula is C56H34O2. The lowest BCUT2D eigenvalue weighted by Crippen LogP contribution is -1.90. The van der Waals surface area contributed by atoms with Gasteiger partial charge in [0.05, 0.1) is 0 Å². The van der Waals surface area contributed by atoms with E-state index in [0.29, 0.717) is 0 Å². The summed E-state index contributed by atoms with van der Waals surface area (Å²) in [4.78, 5) is 0. The zero-order chi connectivity index (χ0) is 38.2. The normalized spacial score (nSPS) is 11.8. The predicted octanol–water partition coefficient (Wildman–Crippen LogP) is 16.1. The maximum atomic E-state index is 6.47. The molecule has 12 aromatic rings. The summed E-state index contributed by atoms with van der Waals surface area (Å²) in [6.45, 7) is 0. The molecule has 0 fully saturated rings. The van der Waals surface area contributed by atoms with Crippen molar-refractivity contribution in [2.75, 3.05) is 0 Å². The van der Waals surface area contributed by atoms with Crippen LogP contribution < -0.4 is 0 Å². The molecule has 2 heteroatoms. The third kappa shape index (κ3) is 5.05. The van der Waals surface area contributed by atoms with Crippen LogP contribution in [0.4, 0.5) is 0 Å². The van der Waals surface area contributed by atoms with Crippen LogP contribution in [0, 0.1) is 0 Å². The zero-order valence-electron chi connectivity index (χ0n) is 31.4. The predicted molar refractivity (Wildman–Crippen MR) is 242 cm³/mol. The van der Waals surface area contributed by atoms with Crippen molar-refractivity contribution in [3.05, 3.63) is 206 Å². The Kier molecular flexibility index (Phi) is 7.26. The second-order valence-electron chi connectivity index (χ2n) is 15.1. The fourth-order valence-electron chi connectivity index (χ4n) is 9.19. The van der Waals surface area contributed by atoms with Gasteiger partial charge in [0, 0.05) is 33.0 Å². The monoisotopic (exact) mass is 738 g/mol. The van der Waals surface area contributed by atoms with Crippen molar-refractivity contribution in [2.24, 2.45) is 0 Å². The lowest BCUT2D eigenvalue weighted by atomic mass is 9.86. The molecule has 0 atom stereocenters. The SMILES string of the molecule is c1ccc(-c2oc3ccccc3c2-c2ccc(-c3ccc4ccc5c(-c6ccc(-c7c(-c8ccccc8)oc8ccccc78)cc6)ccc6ccc3c4c65)cc2)cc1. The third-order valence-electron chi connectivity index (χ3n) is 11.9. The van der Waals surface area contributed by atoms with Gasteiger partial charge in [-0.1, -0.05) is 194 Å². The van der Waals surface area contributed by atoms with Crippen LogP contribution in [0.5, 0.6) is 0 Å². The van der Waals surface area contributed by atoms with Gasteiger partial charge in [0.25, 0.3) is 0 Å². The molecule has 12 rings (SSSR count). The molecule has 0 saturated heterocycles. The van der Waals surface area contributed by atoms with E-state index in [0.717, 1.165) is 66.8 Å². The Morgan fingerprint density at radius 1 is 0.241 bits per heavy atom. The van der Waals surface area contributed by atoms with E-state index in [1.54, 1.807) is 0 Å². The Morgan fingerprint density at radius 2 is 0.603 bits per heavy atom. The van der Waals surface area contributed by atoms with Crippen LogP contribution in [0.15, 0.2) is 215 Å². The minimum atomic E-state index is 0.895. The lowest BCUT2D eigenvalue weighted by Gasteiger charge is -2.17. The van der Waals surface area contributed by atoms with Crippen LogP contribution in [0.3, 0.4) is 0 Å². The van der Waals surface area contributed by atoms with Crippen LogP contribution in [-0.2, 0) is 0 Å². The highest BCUT2D eigenvalue weighted by atomic mass is 16.3.